The molecule has 0 bridgehead atoms. The quantitative estimate of drug-likeness (QED) is 0.634. The summed E-state index contributed by atoms with van der Waals surface area (Å²) in [6, 6.07) is 10.9. The summed E-state index contributed by atoms with van der Waals surface area (Å²) in [6.07, 6.45) is 2.26. The first kappa shape index (κ1) is 21.0. The van der Waals surface area contributed by atoms with E-state index in [0.717, 1.165) is 32.5 Å². The van der Waals surface area contributed by atoms with E-state index in [1.807, 2.05) is 11.3 Å². The number of amides is 3. The van der Waals surface area contributed by atoms with Crippen LogP contribution in [0.5, 0.6) is 0 Å². The van der Waals surface area contributed by atoms with Gasteiger partial charge in [-0.1, -0.05) is 6.07 Å². The van der Waals surface area contributed by atoms with Crippen molar-refractivity contribution in [3.63, 3.8) is 0 Å². The Kier molecular flexibility index (Phi) is 7.37. The standard InChI is InChI=1S/C21H26N4O3S/c1-15(26)23-17-4-6-18(7-5-17)24-21(28)20(27)22-10-13-25-11-8-16(9-12-25)19-3-2-14-29-19/h2-7,14,16H,8-13H2,1H3,(H,22,27)(H,23,26)(H,24,28). The van der Waals surface area contributed by atoms with Gasteiger partial charge in [0.05, 0.1) is 0 Å². The van der Waals surface area contributed by atoms with Crippen molar-refractivity contribution < 1.29 is 14.4 Å². The average Bonchev–Trinajstić information content (AvgIpc) is 3.24. The minimum atomic E-state index is -0.700. The van der Waals surface area contributed by atoms with Crippen LogP contribution in [0.3, 0.4) is 0 Å². The van der Waals surface area contributed by atoms with Gasteiger partial charge in [0, 0.05) is 36.3 Å². The van der Waals surface area contributed by atoms with Crippen LogP contribution in [0.1, 0.15) is 30.6 Å². The monoisotopic (exact) mass is 414 g/mol. The Morgan fingerprint density at radius 3 is 2.24 bits per heavy atom. The number of hydrogen-bond acceptors (Lipinski definition) is 5. The second-order valence-corrected chi connectivity index (χ2v) is 8.08. The highest BCUT2D eigenvalue weighted by molar-refractivity contribution is 7.10. The fourth-order valence-electron chi connectivity index (χ4n) is 3.40. The molecule has 3 rings (SSSR count). The Morgan fingerprint density at radius 2 is 1.66 bits per heavy atom. The molecule has 1 saturated heterocycles. The number of likely N-dealkylation sites (tertiary alicyclic amines) is 1. The topological polar surface area (TPSA) is 90.5 Å². The van der Waals surface area contributed by atoms with Crippen LogP contribution < -0.4 is 16.0 Å². The van der Waals surface area contributed by atoms with Gasteiger partial charge in [-0.05, 0) is 67.6 Å². The lowest BCUT2D eigenvalue weighted by molar-refractivity contribution is -0.136. The van der Waals surface area contributed by atoms with Crippen molar-refractivity contribution >= 4 is 40.4 Å². The van der Waals surface area contributed by atoms with E-state index in [0.29, 0.717) is 23.8 Å². The van der Waals surface area contributed by atoms with Gasteiger partial charge in [-0.3, -0.25) is 14.4 Å². The molecule has 1 aromatic carbocycles. The van der Waals surface area contributed by atoms with E-state index in [-0.39, 0.29) is 5.91 Å². The first-order chi connectivity index (χ1) is 14.0. The fourth-order valence-corrected chi connectivity index (χ4v) is 4.30. The van der Waals surface area contributed by atoms with E-state index in [2.05, 4.69) is 38.4 Å². The summed E-state index contributed by atoms with van der Waals surface area (Å²) in [5.74, 6) is -0.876. The second-order valence-electron chi connectivity index (χ2n) is 7.10. The van der Waals surface area contributed by atoms with Crippen LogP contribution in [-0.2, 0) is 14.4 Å². The summed E-state index contributed by atoms with van der Waals surface area (Å²) in [5, 5.41) is 10.0. The van der Waals surface area contributed by atoms with Gasteiger partial charge in [-0.25, -0.2) is 0 Å². The lowest BCUT2D eigenvalue weighted by Crippen LogP contribution is -2.42. The molecule has 0 saturated carbocycles. The molecule has 0 atom stereocenters. The summed E-state index contributed by atoms with van der Waals surface area (Å²) < 4.78 is 0. The highest BCUT2D eigenvalue weighted by Crippen LogP contribution is 2.30. The van der Waals surface area contributed by atoms with Crippen molar-refractivity contribution in [1.29, 1.82) is 0 Å². The summed E-state index contributed by atoms with van der Waals surface area (Å²) in [7, 11) is 0. The minimum Gasteiger partial charge on any atom is -0.347 e. The number of carbonyl (C=O) groups is 3. The maximum atomic E-state index is 12.0. The van der Waals surface area contributed by atoms with Crippen molar-refractivity contribution in [2.24, 2.45) is 0 Å². The number of nitrogens with one attached hydrogen (secondary N) is 3. The van der Waals surface area contributed by atoms with Gasteiger partial charge in [0.25, 0.3) is 0 Å². The molecular formula is C21H26N4O3S. The smallest absolute Gasteiger partial charge is 0.313 e. The number of anilines is 2. The van der Waals surface area contributed by atoms with Crippen LogP contribution in [0.25, 0.3) is 0 Å². The van der Waals surface area contributed by atoms with Gasteiger partial charge in [0.15, 0.2) is 0 Å². The van der Waals surface area contributed by atoms with Gasteiger partial charge in [-0.15, -0.1) is 11.3 Å². The molecule has 0 radical (unpaired) electrons. The number of nitrogens with zero attached hydrogens (tertiary/aromatic N) is 1. The van der Waals surface area contributed by atoms with Crippen LogP contribution in [0.2, 0.25) is 0 Å². The normalized spacial score (nSPS) is 14.9. The first-order valence-electron chi connectivity index (χ1n) is 9.74. The summed E-state index contributed by atoms with van der Waals surface area (Å²) in [5.41, 5.74) is 1.12. The van der Waals surface area contributed by atoms with Gasteiger partial charge in [0.2, 0.25) is 5.91 Å². The van der Waals surface area contributed by atoms with E-state index >= 15 is 0 Å². The largest absolute Gasteiger partial charge is 0.347 e. The van der Waals surface area contributed by atoms with Crippen LogP contribution in [0.4, 0.5) is 11.4 Å². The molecule has 0 unspecified atom stereocenters. The maximum Gasteiger partial charge on any atom is 0.313 e. The molecule has 29 heavy (non-hydrogen) atoms. The van der Waals surface area contributed by atoms with E-state index < -0.39 is 11.8 Å². The molecule has 7 nitrogen and oxygen atoms in total. The van der Waals surface area contributed by atoms with Crippen LogP contribution in [0, 0.1) is 0 Å². The third kappa shape index (κ3) is 6.40. The van der Waals surface area contributed by atoms with E-state index in [9.17, 15) is 14.4 Å². The molecule has 1 fully saturated rings. The Balaban J connectivity index is 1.35. The molecule has 1 aromatic heterocycles. The summed E-state index contributed by atoms with van der Waals surface area (Å²) in [4.78, 5) is 38.8. The third-order valence-corrected chi connectivity index (χ3v) is 5.95. The lowest BCUT2D eigenvalue weighted by atomic mass is 9.95. The fraction of sp³-hybridized carbons (Fsp3) is 0.381. The van der Waals surface area contributed by atoms with Gasteiger partial charge < -0.3 is 20.9 Å². The highest BCUT2D eigenvalue weighted by Gasteiger charge is 2.21. The Morgan fingerprint density at radius 1 is 1.00 bits per heavy atom. The molecule has 3 amide bonds. The Labute approximate surface area is 174 Å². The van der Waals surface area contributed by atoms with Crippen molar-refractivity contribution in [2.75, 3.05) is 36.8 Å². The number of benzene rings is 1. The zero-order valence-corrected chi connectivity index (χ0v) is 17.3. The van der Waals surface area contributed by atoms with Gasteiger partial charge in [0.1, 0.15) is 0 Å². The van der Waals surface area contributed by atoms with E-state index in [1.54, 1.807) is 24.3 Å². The number of hydrogen-bond donors (Lipinski definition) is 3. The second kappa shape index (κ2) is 10.2. The lowest BCUT2D eigenvalue weighted by Gasteiger charge is -2.31. The summed E-state index contributed by atoms with van der Waals surface area (Å²) >= 11 is 1.82. The number of thiophene rings is 1. The van der Waals surface area contributed by atoms with Crippen LogP contribution in [0.15, 0.2) is 41.8 Å². The van der Waals surface area contributed by atoms with Crippen molar-refractivity contribution in [1.82, 2.24) is 10.2 Å². The molecule has 2 heterocycles. The average molecular weight is 415 g/mol. The van der Waals surface area contributed by atoms with E-state index in [4.69, 9.17) is 0 Å². The molecule has 1 aliphatic heterocycles. The molecule has 2 aromatic rings. The van der Waals surface area contributed by atoms with Crippen molar-refractivity contribution in [3.8, 4) is 0 Å². The molecule has 3 N–H and O–H groups in total. The number of piperidine rings is 1. The van der Waals surface area contributed by atoms with E-state index in [1.165, 1.54) is 11.8 Å². The number of rotatable bonds is 6. The molecule has 8 heteroatoms. The van der Waals surface area contributed by atoms with Crippen LogP contribution >= 0.6 is 11.3 Å². The number of carbonyl (C=O) groups excluding carboxylic acids is 3. The molecule has 154 valence electrons. The van der Waals surface area contributed by atoms with Crippen molar-refractivity contribution in [3.05, 3.63) is 46.7 Å². The zero-order valence-electron chi connectivity index (χ0n) is 16.4. The van der Waals surface area contributed by atoms with Crippen molar-refractivity contribution in [2.45, 2.75) is 25.7 Å². The predicted octanol–water partition coefficient (Wildman–Crippen LogP) is 2.64. The summed E-state index contributed by atoms with van der Waals surface area (Å²) in [6.45, 7) is 4.61. The SMILES string of the molecule is CC(=O)Nc1ccc(NC(=O)C(=O)NCCN2CCC(c3cccs3)CC2)cc1. The minimum absolute atomic E-state index is 0.170. The van der Waals surface area contributed by atoms with Crippen LogP contribution in [-0.4, -0.2) is 48.8 Å². The van der Waals surface area contributed by atoms with Gasteiger partial charge in [-0.2, -0.15) is 0 Å². The Bertz CT molecular complexity index is 828. The molecule has 0 spiro atoms. The third-order valence-electron chi connectivity index (χ3n) is 4.92. The highest BCUT2D eigenvalue weighted by atomic mass is 32.1. The maximum absolute atomic E-state index is 12.0. The first-order valence-corrected chi connectivity index (χ1v) is 10.6. The molecule has 0 aliphatic carbocycles. The Hall–Kier alpha value is -2.71. The molecule has 1 aliphatic rings. The predicted molar refractivity (Wildman–Crippen MR) is 115 cm³/mol. The van der Waals surface area contributed by atoms with Gasteiger partial charge >= 0.3 is 11.8 Å². The molecular weight excluding hydrogens is 388 g/mol. The zero-order chi connectivity index (χ0) is 20.6.